The molecule has 1 aliphatic rings. The molecule has 3 unspecified atom stereocenters. The summed E-state index contributed by atoms with van der Waals surface area (Å²) in [5.41, 5.74) is 1.34. The molecule has 0 radical (unpaired) electrons. The minimum absolute atomic E-state index is 0.0880. The van der Waals surface area contributed by atoms with Gasteiger partial charge in [0.1, 0.15) is 0 Å². The topological polar surface area (TPSA) is 47.9 Å². The number of ether oxygens (including phenoxy) is 3. The molecule has 0 amide bonds. The third kappa shape index (κ3) is 5.40. The highest BCUT2D eigenvalue weighted by atomic mass is 16.5. The minimum Gasteiger partial charge on any atom is -0.390 e. The summed E-state index contributed by atoms with van der Waals surface area (Å²) in [5.74, 6) is 0.481. The average molecular weight is 294 g/mol. The summed E-state index contributed by atoms with van der Waals surface area (Å²) < 4.78 is 16.1. The molecular weight excluding hydrogens is 268 g/mol. The summed E-state index contributed by atoms with van der Waals surface area (Å²) in [7, 11) is 1.65. The van der Waals surface area contributed by atoms with Gasteiger partial charge in [0.05, 0.1) is 38.6 Å². The molecule has 1 aromatic rings. The molecule has 1 saturated carbocycles. The predicted octanol–water partition coefficient (Wildman–Crippen LogP) is 2.36. The van der Waals surface area contributed by atoms with Crippen molar-refractivity contribution in [3.63, 3.8) is 0 Å². The number of aliphatic hydroxyl groups excluding tert-OH is 1. The van der Waals surface area contributed by atoms with Gasteiger partial charge in [-0.25, -0.2) is 0 Å². The Morgan fingerprint density at radius 1 is 1.05 bits per heavy atom. The van der Waals surface area contributed by atoms with Crippen LogP contribution in [0.15, 0.2) is 30.3 Å². The Kier molecular flexibility index (Phi) is 7.16. The summed E-state index contributed by atoms with van der Waals surface area (Å²) in [6.07, 6.45) is 2.26. The van der Waals surface area contributed by atoms with Crippen LogP contribution in [0, 0.1) is 0 Å². The van der Waals surface area contributed by atoms with E-state index in [1.165, 1.54) is 5.56 Å². The van der Waals surface area contributed by atoms with Gasteiger partial charge in [0.15, 0.2) is 0 Å². The number of hydrogen-bond acceptors (Lipinski definition) is 4. The minimum atomic E-state index is -0.357. The van der Waals surface area contributed by atoms with Crippen LogP contribution in [0.3, 0.4) is 0 Å². The number of rotatable bonds is 8. The van der Waals surface area contributed by atoms with E-state index in [-0.39, 0.29) is 12.2 Å². The first kappa shape index (κ1) is 16.4. The quantitative estimate of drug-likeness (QED) is 0.748. The molecule has 0 spiro atoms. The van der Waals surface area contributed by atoms with Crippen LogP contribution < -0.4 is 0 Å². The van der Waals surface area contributed by atoms with Crippen LogP contribution in [0.4, 0.5) is 0 Å². The van der Waals surface area contributed by atoms with Gasteiger partial charge in [-0.2, -0.15) is 0 Å². The van der Waals surface area contributed by atoms with Crippen molar-refractivity contribution < 1.29 is 19.3 Å². The molecule has 1 N–H and O–H groups in total. The van der Waals surface area contributed by atoms with Crippen LogP contribution in [-0.4, -0.2) is 50.9 Å². The highest BCUT2D eigenvalue weighted by Gasteiger charge is 2.30. The normalized spacial score (nSPS) is 25.9. The van der Waals surface area contributed by atoms with Gasteiger partial charge in [0, 0.05) is 7.11 Å². The van der Waals surface area contributed by atoms with Gasteiger partial charge in [0.25, 0.3) is 0 Å². The van der Waals surface area contributed by atoms with Crippen molar-refractivity contribution in [3.8, 4) is 0 Å². The van der Waals surface area contributed by atoms with Gasteiger partial charge in [-0.05, 0) is 30.7 Å². The molecule has 4 heteroatoms. The molecule has 1 fully saturated rings. The molecule has 0 aromatic heterocycles. The number of methoxy groups -OCH3 is 1. The molecule has 118 valence electrons. The Hall–Kier alpha value is -0.940. The fraction of sp³-hybridized carbons (Fsp3) is 0.647. The van der Waals surface area contributed by atoms with Crippen LogP contribution in [0.5, 0.6) is 0 Å². The van der Waals surface area contributed by atoms with Crippen molar-refractivity contribution >= 4 is 0 Å². The molecule has 1 aromatic carbocycles. The third-order valence-electron chi connectivity index (χ3n) is 4.02. The van der Waals surface area contributed by atoms with Crippen LogP contribution in [0.2, 0.25) is 0 Å². The van der Waals surface area contributed by atoms with Crippen molar-refractivity contribution in [3.05, 3.63) is 35.9 Å². The van der Waals surface area contributed by atoms with Crippen molar-refractivity contribution in [1.29, 1.82) is 0 Å². The lowest BCUT2D eigenvalue weighted by atomic mass is 9.81. The smallest absolute Gasteiger partial charge is 0.0840 e. The van der Waals surface area contributed by atoms with E-state index in [4.69, 9.17) is 14.2 Å². The number of hydrogen-bond donors (Lipinski definition) is 1. The van der Waals surface area contributed by atoms with Crippen molar-refractivity contribution in [2.75, 3.05) is 33.5 Å². The zero-order chi connectivity index (χ0) is 14.9. The maximum Gasteiger partial charge on any atom is 0.0840 e. The molecule has 21 heavy (non-hydrogen) atoms. The third-order valence-corrected chi connectivity index (χ3v) is 4.02. The van der Waals surface area contributed by atoms with Crippen molar-refractivity contribution in [2.45, 2.75) is 37.4 Å². The van der Waals surface area contributed by atoms with Crippen LogP contribution in [0.1, 0.15) is 30.7 Å². The van der Waals surface area contributed by atoms with Gasteiger partial charge >= 0.3 is 0 Å². The maximum absolute atomic E-state index is 10.1. The number of benzene rings is 1. The zero-order valence-corrected chi connectivity index (χ0v) is 12.7. The molecule has 0 saturated heterocycles. The summed E-state index contributed by atoms with van der Waals surface area (Å²) in [6, 6.07) is 10.5. The summed E-state index contributed by atoms with van der Waals surface area (Å²) >= 11 is 0. The van der Waals surface area contributed by atoms with E-state index in [0.29, 0.717) is 32.3 Å². The molecule has 4 nitrogen and oxygen atoms in total. The molecular formula is C17H26O4. The van der Waals surface area contributed by atoms with Crippen molar-refractivity contribution in [2.24, 2.45) is 0 Å². The summed E-state index contributed by atoms with van der Waals surface area (Å²) in [4.78, 5) is 0. The molecule has 3 atom stereocenters. The van der Waals surface area contributed by atoms with Gasteiger partial charge in [0.2, 0.25) is 0 Å². The SMILES string of the molecule is COCCOCCOC1CC(c2ccccc2)CCC1O. The Morgan fingerprint density at radius 3 is 2.57 bits per heavy atom. The van der Waals surface area contributed by atoms with Crippen molar-refractivity contribution in [1.82, 2.24) is 0 Å². The lowest BCUT2D eigenvalue weighted by Gasteiger charge is -2.33. The van der Waals surface area contributed by atoms with Gasteiger partial charge in [-0.3, -0.25) is 0 Å². The monoisotopic (exact) mass is 294 g/mol. The van der Waals surface area contributed by atoms with E-state index in [1.807, 2.05) is 6.07 Å². The molecule has 0 bridgehead atoms. The van der Waals surface area contributed by atoms with Crippen LogP contribution >= 0.6 is 0 Å². The van der Waals surface area contributed by atoms with E-state index >= 15 is 0 Å². The second kappa shape index (κ2) is 9.15. The molecule has 0 heterocycles. The largest absolute Gasteiger partial charge is 0.390 e. The molecule has 1 aliphatic carbocycles. The van der Waals surface area contributed by atoms with E-state index in [9.17, 15) is 5.11 Å². The summed E-state index contributed by atoms with van der Waals surface area (Å²) in [6.45, 7) is 2.25. The van der Waals surface area contributed by atoms with Crippen LogP contribution in [-0.2, 0) is 14.2 Å². The number of aliphatic hydroxyl groups is 1. The highest BCUT2D eigenvalue weighted by molar-refractivity contribution is 5.20. The van der Waals surface area contributed by atoms with Gasteiger partial charge in [-0.1, -0.05) is 30.3 Å². The Labute approximate surface area is 127 Å². The van der Waals surface area contributed by atoms with Gasteiger partial charge < -0.3 is 19.3 Å². The van der Waals surface area contributed by atoms with Crippen LogP contribution in [0.25, 0.3) is 0 Å². The first-order valence-electron chi connectivity index (χ1n) is 7.72. The Bertz CT molecular complexity index is 382. The maximum atomic E-state index is 10.1. The average Bonchev–Trinajstić information content (AvgIpc) is 2.53. The Morgan fingerprint density at radius 2 is 1.81 bits per heavy atom. The first-order valence-corrected chi connectivity index (χ1v) is 7.72. The van der Waals surface area contributed by atoms with E-state index < -0.39 is 0 Å². The Balaban J connectivity index is 1.74. The van der Waals surface area contributed by atoms with Gasteiger partial charge in [-0.15, -0.1) is 0 Å². The lowest BCUT2D eigenvalue weighted by molar-refractivity contribution is -0.0793. The molecule has 2 rings (SSSR count). The van der Waals surface area contributed by atoms with E-state index in [2.05, 4.69) is 24.3 Å². The fourth-order valence-electron chi connectivity index (χ4n) is 2.82. The van der Waals surface area contributed by atoms with E-state index in [1.54, 1.807) is 7.11 Å². The lowest BCUT2D eigenvalue weighted by Crippen LogP contribution is -2.36. The standard InChI is InChI=1S/C17H26O4/c1-19-9-10-20-11-12-21-17-13-15(7-8-16(17)18)14-5-3-2-4-6-14/h2-6,15-18H,7-13H2,1H3. The second-order valence-electron chi connectivity index (χ2n) is 5.50. The fourth-order valence-corrected chi connectivity index (χ4v) is 2.82. The van der Waals surface area contributed by atoms with E-state index in [0.717, 1.165) is 19.3 Å². The first-order chi connectivity index (χ1) is 10.3. The molecule has 0 aliphatic heterocycles. The predicted molar refractivity (Wildman–Crippen MR) is 81.5 cm³/mol. The zero-order valence-electron chi connectivity index (χ0n) is 12.7. The second-order valence-corrected chi connectivity index (χ2v) is 5.50. The summed E-state index contributed by atoms with van der Waals surface area (Å²) in [5, 5.41) is 10.1. The highest BCUT2D eigenvalue weighted by Crippen LogP contribution is 2.34.